The number of pyridine rings is 1. The number of nitrogens with two attached hydrogens (primary N) is 1. The summed E-state index contributed by atoms with van der Waals surface area (Å²) in [6, 6.07) is 5.49. The van der Waals surface area contributed by atoms with Gasteiger partial charge in [-0.2, -0.15) is 0 Å². The molecule has 0 unspecified atom stereocenters. The Kier molecular flexibility index (Phi) is 8.83. The zero-order valence-corrected chi connectivity index (χ0v) is 18.7. The van der Waals surface area contributed by atoms with Crippen molar-refractivity contribution in [2.24, 2.45) is 5.73 Å². The molecular weight excluding hydrogens is 380 g/mol. The van der Waals surface area contributed by atoms with E-state index in [4.69, 9.17) is 10.5 Å². The zero-order valence-electron chi connectivity index (χ0n) is 18.7. The second kappa shape index (κ2) is 11.3. The predicted octanol–water partition coefficient (Wildman–Crippen LogP) is 4.25. The molecule has 0 radical (unpaired) electrons. The molecule has 0 aromatic carbocycles. The highest BCUT2D eigenvalue weighted by atomic mass is 16.5. The summed E-state index contributed by atoms with van der Waals surface area (Å²) in [7, 11) is 1.63. The van der Waals surface area contributed by atoms with Crippen LogP contribution >= 0.6 is 0 Å². The highest BCUT2D eigenvalue weighted by molar-refractivity contribution is 5.97. The highest BCUT2D eigenvalue weighted by Crippen LogP contribution is 2.28. The summed E-state index contributed by atoms with van der Waals surface area (Å²) in [6.45, 7) is 10.2. The molecule has 2 heterocycles. The topological polar surface area (TPSA) is 106 Å². The normalized spacial score (nSPS) is 10.9. The van der Waals surface area contributed by atoms with Crippen molar-refractivity contribution in [1.82, 2.24) is 15.2 Å². The number of carbonyl (C=O) groups is 1. The van der Waals surface area contributed by atoms with Gasteiger partial charge in [0.05, 0.1) is 18.5 Å². The average Bonchev–Trinajstić information content (AvgIpc) is 2.73. The lowest BCUT2D eigenvalue weighted by Crippen LogP contribution is -2.27. The fourth-order valence-corrected chi connectivity index (χ4v) is 3.23. The first-order chi connectivity index (χ1) is 14.4. The van der Waals surface area contributed by atoms with Crippen molar-refractivity contribution in [3.63, 3.8) is 0 Å². The van der Waals surface area contributed by atoms with Crippen LogP contribution in [0.5, 0.6) is 5.75 Å². The van der Waals surface area contributed by atoms with Gasteiger partial charge in [0.1, 0.15) is 11.6 Å². The summed E-state index contributed by atoms with van der Waals surface area (Å²) >= 11 is 0. The minimum atomic E-state index is -0.637. The van der Waals surface area contributed by atoms with E-state index in [-0.39, 0.29) is 11.6 Å². The Morgan fingerprint density at radius 3 is 2.53 bits per heavy atom. The Labute approximate surface area is 179 Å². The van der Waals surface area contributed by atoms with E-state index < -0.39 is 5.91 Å². The highest BCUT2D eigenvalue weighted by Gasteiger charge is 2.17. The number of rotatable bonds is 12. The molecule has 8 nitrogen and oxygen atoms in total. The molecule has 8 heteroatoms. The van der Waals surface area contributed by atoms with Crippen LogP contribution < -0.4 is 20.7 Å². The van der Waals surface area contributed by atoms with Gasteiger partial charge in [0.25, 0.3) is 5.91 Å². The monoisotopic (exact) mass is 414 g/mol. The summed E-state index contributed by atoms with van der Waals surface area (Å²) in [6.07, 6.45) is 4.38. The number of nitrogens with zero attached hydrogens (tertiary/aromatic N) is 4. The molecule has 2 rings (SSSR count). The lowest BCUT2D eigenvalue weighted by Gasteiger charge is -2.23. The van der Waals surface area contributed by atoms with E-state index in [1.54, 1.807) is 13.2 Å². The van der Waals surface area contributed by atoms with Crippen LogP contribution in [-0.2, 0) is 0 Å². The molecule has 0 fully saturated rings. The van der Waals surface area contributed by atoms with Gasteiger partial charge in [0.15, 0.2) is 11.5 Å². The molecule has 2 aromatic heterocycles. The van der Waals surface area contributed by atoms with Gasteiger partial charge in [-0.25, -0.2) is 4.98 Å². The van der Waals surface area contributed by atoms with Gasteiger partial charge in [0.2, 0.25) is 0 Å². The largest absolute Gasteiger partial charge is 0.495 e. The van der Waals surface area contributed by atoms with Crippen molar-refractivity contribution >= 4 is 23.2 Å². The number of nitrogens with one attached hydrogen (secondary N) is 1. The molecule has 0 spiro atoms. The summed E-state index contributed by atoms with van der Waals surface area (Å²) < 4.78 is 5.40. The molecule has 0 saturated heterocycles. The summed E-state index contributed by atoms with van der Waals surface area (Å²) in [4.78, 5) is 18.8. The molecule has 30 heavy (non-hydrogen) atoms. The maximum absolute atomic E-state index is 11.9. The molecule has 0 saturated carbocycles. The van der Waals surface area contributed by atoms with Crippen LogP contribution in [0, 0.1) is 0 Å². The molecule has 164 valence electrons. The Balaban J connectivity index is 2.39. The molecule has 0 bridgehead atoms. The molecule has 1 amide bonds. The summed E-state index contributed by atoms with van der Waals surface area (Å²) in [5.74, 6) is 1.58. The first-order valence-corrected chi connectivity index (χ1v) is 10.7. The number of aromatic nitrogens is 3. The van der Waals surface area contributed by atoms with Crippen molar-refractivity contribution in [3.8, 4) is 5.75 Å². The lowest BCUT2D eigenvalue weighted by atomic mass is 10.1. The minimum absolute atomic E-state index is 0.0903. The van der Waals surface area contributed by atoms with Gasteiger partial charge in [-0.05, 0) is 30.9 Å². The molecule has 0 aliphatic carbocycles. The van der Waals surface area contributed by atoms with E-state index in [1.165, 1.54) is 0 Å². The minimum Gasteiger partial charge on any atom is -0.495 e. The third-order valence-electron chi connectivity index (χ3n) is 4.78. The van der Waals surface area contributed by atoms with Gasteiger partial charge < -0.3 is 20.7 Å². The van der Waals surface area contributed by atoms with E-state index in [0.29, 0.717) is 11.5 Å². The molecule has 0 aliphatic rings. The molecule has 2 aromatic rings. The summed E-state index contributed by atoms with van der Waals surface area (Å²) in [5.41, 5.74) is 6.96. The first kappa shape index (κ1) is 23.4. The molecular formula is C22H34N6O2. The third-order valence-corrected chi connectivity index (χ3v) is 4.78. The van der Waals surface area contributed by atoms with Crippen molar-refractivity contribution in [2.75, 3.05) is 30.4 Å². The maximum Gasteiger partial charge on any atom is 0.271 e. The van der Waals surface area contributed by atoms with E-state index in [9.17, 15) is 4.79 Å². The predicted molar refractivity (Wildman–Crippen MR) is 121 cm³/mol. The second-order valence-electron chi connectivity index (χ2n) is 7.59. The van der Waals surface area contributed by atoms with Crippen LogP contribution in [0.4, 0.5) is 17.3 Å². The van der Waals surface area contributed by atoms with Gasteiger partial charge in [-0.3, -0.25) is 4.79 Å². The van der Waals surface area contributed by atoms with Crippen molar-refractivity contribution in [3.05, 3.63) is 29.6 Å². The van der Waals surface area contributed by atoms with Gasteiger partial charge >= 0.3 is 0 Å². The Morgan fingerprint density at radius 2 is 1.93 bits per heavy atom. The van der Waals surface area contributed by atoms with E-state index >= 15 is 0 Å². The number of primary amides is 1. The van der Waals surface area contributed by atoms with Crippen molar-refractivity contribution < 1.29 is 9.53 Å². The van der Waals surface area contributed by atoms with Crippen LogP contribution in [0.1, 0.15) is 75.5 Å². The number of hydrogen-bond donors (Lipinski definition) is 2. The second-order valence-corrected chi connectivity index (χ2v) is 7.59. The zero-order chi connectivity index (χ0) is 22.1. The number of ether oxygens (including phenoxy) is 1. The fourth-order valence-electron chi connectivity index (χ4n) is 3.23. The third kappa shape index (κ3) is 6.05. The summed E-state index contributed by atoms with van der Waals surface area (Å²) in [5, 5.41) is 11.6. The van der Waals surface area contributed by atoms with Crippen LogP contribution in [0.3, 0.4) is 0 Å². The number of amides is 1. The van der Waals surface area contributed by atoms with Crippen molar-refractivity contribution in [1.29, 1.82) is 0 Å². The van der Waals surface area contributed by atoms with Crippen LogP contribution in [-0.4, -0.2) is 41.3 Å². The average molecular weight is 415 g/mol. The molecule has 3 N–H and O–H groups in total. The van der Waals surface area contributed by atoms with Crippen LogP contribution in [0.25, 0.3) is 0 Å². The van der Waals surface area contributed by atoms with E-state index in [2.05, 4.69) is 53.1 Å². The van der Waals surface area contributed by atoms with Gasteiger partial charge in [0, 0.05) is 19.2 Å². The molecule has 0 aliphatic heterocycles. The lowest BCUT2D eigenvalue weighted by molar-refractivity contribution is 0.0995. The molecule has 0 atom stereocenters. The number of carbonyl (C=O) groups excluding carboxylic acids is 1. The van der Waals surface area contributed by atoms with E-state index in [1.807, 2.05) is 12.1 Å². The first-order valence-electron chi connectivity index (χ1n) is 10.7. The standard InChI is InChI=1S/C22H34N6O2/c1-6-8-9-13-28(12-7-2)19-14-16(21(22(23)29)27-26-19)24-18-11-10-17(30-5)20(25-18)15(3)4/h10-11,14-15H,6-9,12-13H2,1-5H3,(H2,23,29)(H,24,25,26). The SMILES string of the molecule is CCCCCN(CCC)c1cc(Nc2ccc(OC)c(C(C)C)n2)c(C(N)=O)nn1. The Bertz CT molecular complexity index is 840. The number of hydrogen-bond acceptors (Lipinski definition) is 7. The smallest absolute Gasteiger partial charge is 0.271 e. The van der Waals surface area contributed by atoms with Gasteiger partial charge in [-0.1, -0.05) is 40.5 Å². The maximum atomic E-state index is 11.9. The quantitative estimate of drug-likeness (QED) is 0.500. The fraction of sp³-hybridized carbons (Fsp3) is 0.545. The Morgan fingerprint density at radius 1 is 1.17 bits per heavy atom. The number of methoxy groups -OCH3 is 1. The van der Waals surface area contributed by atoms with Crippen LogP contribution in [0.2, 0.25) is 0 Å². The Hall–Kier alpha value is -2.90. The number of anilines is 3. The van der Waals surface area contributed by atoms with Gasteiger partial charge in [-0.15, -0.1) is 10.2 Å². The van der Waals surface area contributed by atoms with E-state index in [0.717, 1.165) is 56.0 Å². The van der Waals surface area contributed by atoms with Crippen molar-refractivity contribution in [2.45, 2.75) is 59.3 Å². The van der Waals surface area contributed by atoms with Crippen LogP contribution in [0.15, 0.2) is 18.2 Å². The number of unbranched alkanes of at least 4 members (excludes halogenated alkanes) is 2.